The van der Waals surface area contributed by atoms with Crippen LogP contribution in [-0.4, -0.2) is 36.1 Å². The molecule has 0 spiro atoms. The van der Waals surface area contributed by atoms with Crippen LogP contribution in [0.5, 0.6) is 0 Å². The van der Waals surface area contributed by atoms with E-state index in [4.69, 9.17) is 4.74 Å². The van der Waals surface area contributed by atoms with E-state index in [9.17, 15) is 9.59 Å². The highest BCUT2D eigenvalue weighted by atomic mass is 32.1. The van der Waals surface area contributed by atoms with Crippen LogP contribution in [0.4, 0.5) is 5.69 Å². The molecule has 0 unspecified atom stereocenters. The number of carbonyl (C=O) groups is 2. The fraction of sp³-hybridized carbons (Fsp3) is 0.231. The molecule has 2 aromatic heterocycles. The summed E-state index contributed by atoms with van der Waals surface area (Å²) in [6.07, 6.45) is 3.24. The molecule has 0 saturated carbocycles. The van der Waals surface area contributed by atoms with Crippen molar-refractivity contribution < 1.29 is 14.3 Å². The second-order valence-corrected chi connectivity index (χ2v) is 9.12. The van der Waals surface area contributed by atoms with Crippen molar-refractivity contribution in [3.63, 3.8) is 0 Å². The van der Waals surface area contributed by atoms with Gasteiger partial charge < -0.3 is 20.4 Å². The average molecular weight is 460 g/mol. The molecule has 1 aliphatic rings. The molecule has 2 amide bonds. The van der Waals surface area contributed by atoms with Crippen LogP contribution in [0.15, 0.2) is 72.2 Å². The summed E-state index contributed by atoms with van der Waals surface area (Å²) in [5, 5.41) is 9.17. The van der Waals surface area contributed by atoms with E-state index in [1.54, 1.807) is 35.6 Å². The molecular formula is C26H25N3O3S. The topological polar surface area (TPSA) is 83.2 Å². The Morgan fingerprint density at radius 2 is 2.03 bits per heavy atom. The SMILES string of the molecule is O=C(NC[C@@H](c1cccs1)c1c[nH]c2ccccc12)c1cccc(NC(=O)[C@@H]2CCCO2)c1. The molecule has 3 N–H and O–H groups in total. The number of ether oxygens (including phenoxy) is 1. The normalized spacial score (nSPS) is 16.5. The highest BCUT2D eigenvalue weighted by Crippen LogP contribution is 2.33. The highest BCUT2D eigenvalue weighted by Gasteiger charge is 2.24. The van der Waals surface area contributed by atoms with Crippen molar-refractivity contribution in [3.05, 3.63) is 88.2 Å². The number of anilines is 1. The Bertz CT molecular complexity index is 1260. The van der Waals surface area contributed by atoms with Crippen molar-refractivity contribution >= 4 is 39.7 Å². The van der Waals surface area contributed by atoms with Crippen LogP contribution in [0.3, 0.4) is 0 Å². The third-order valence-electron chi connectivity index (χ3n) is 5.96. The maximum Gasteiger partial charge on any atom is 0.253 e. The Labute approximate surface area is 196 Å². The molecule has 0 aliphatic carbocycles. The van der Waals surface area contributed by atoms with Crippen molar-refractivity contribution in [1.82, 2.24) is 10.3 Å². The summed E-state index contributed by atoms with van der Waals surface area (Å²) < 4.78 is 5.44. The van der Waals surface area contributed by atoms with Crippen LogP contribution in [0.1, 0.15) is 39.6 Å². The fourth-order valence-corrected chi connectivity index (χ4v) is 5.12. The number of nitrogens with one attached hydrogen (secondary N) is 3. The van der Waals surface area contributed by atoms with Gasteiger partial charge in [-0.1, -0.05) is 30.3 Å². The molecule has 33 heavy (non-hydrogen) atoms. The maximum atomic E-state index is 13.0. The molecular weight excluding hydrogens is 434 g/mol. The predicted octanol–water partition coefficient (Wildman–Crippen LogP) is 4.91. The third kappa shape index (κ3) is 4.69. The number of fused-ring (bicyclic) bond motifs is 1. The zero-order chi connectivity index (χ0) is 22.6. The first-order valence-corrected chi connectivity index (χ1v) is 12.0. The number of rotatable bonds is 7. The Morgan fingerprint density at radius 3 is 2.85 bits per heavy atom. The number of aromatic amines is 1. The molecule has 0 bridgehead atoms. The minimum absolute atomic E-state index is 0.0347. The van der Waals surface area contributed by atoms with E-state index in [-0.39, 0.29) is 17.7 Å². The molecule has 6 nitrogen and oxygen atoms in total. The summed E-state index contributed by atoms with van der Waals surface area (Å²) in [4.78, 5) is 29.9. The van der Waals surface area contributed by atoms with E-state index in [1.807, 2.05) is 24.4 Å². The lowest BCUT2D eigenvalue weighted by atomic mass is 9.96. The first-order chi connectivity index (χ1) is 16.2. The van der Waals surface area contributed by atoms with Gasteiger partial charge in [-0.2, -0.15) is 0 Å². The number of aromatic nitrogens is 1. The minimum atomic E-state index is -0.412. The average Bonchev–Trinajstić information content (AvgIpc) is 3.62. The Morgan fingerprint density at radius 1 is 1.12 bits per heavy atom. The lowest BCUT2D eigenvalue weighted by Crippen LogP contribution is -2.29. The molecule has 1 fully saturated rings. The number of amides is 2. The summed E-state index contributed by atoms with van der Waals surface area (Å²) in [6, 6.07) is 19.3. The van der Waals surface area contributed by atoms with E-state index in [2.05, 4.69) is 39.2 Å². The van der Waals surface area contributed by atoms with Gasteiger partial charge in [0.05, 0.1) is 0 Å². The van der Waals surface area contributed by atoms with Crippen LogP contribution < -0.4 is 10.6 Å². The largest absolute Gasteiger partial charge is 0.368 e. The van der Waals surface area contributed by atoms with Gasteiger partial charge >= 0.3 is 0 Å². The van der Waals surface area contributed by atoms with E-state index in [1.165, 1.54) is 4.88 Å². The summed E-state index contributed by atoms with van der Waals surface area (Å²) in [5.74, 6) is -0.306. The van der Waals surface area contributed by atoms with Crippen molar-refractivity contribution in [2.24, 2.45) is 0 Å². The molecule has 3 heterocycles. The van der Waals surface area contributed by atoms with Crippen LogP contribution >= 0.6 is 11.3 Å². The molecule has 5 rings (SSSR count). The van der Waals surface area contributed by atoms with Crippen LogP contribution in [-0.2, 0) is 9.53 Å². The smallest absolute Gasteiger partial charge is 0.253 e. The quantitative estimate of drug-likeness (QED) is 0.367. The number of benzene rings is 2. The number of H-pyrrole nitrogens is 1. The van der Waals surface area contributed by atoms with Crippen LogP contribution in [0, 0.1) is 0 Å². The lowest BCUT2D eigenvalue weighted by molar-refractivity contribution is -0.124. The summed E-state index contributed by atoms with van der Waals surface area (Å²) in [5.41, 5.74) is 3.33. The van der Waals surface area contributed by atoms with Crippen molar-refractivity contribution in [2.45, 2.75) is 24.9 Å². The van der Waals surface area contributed by atoms with Gasteiger partial charge in [-0.25, -0.2) is 0 Å². The fourth-order valence-electron chi connectivity index (χ4n) is 4.28. The van der Waals surface area contributed by atoms with Crippen LogP contribution in [0.2, 0.25) is 0 Å². The first kappa shape index (κ1) is 21.4. The van der Waals surface area contributed by atoms with Gasteiger partial charge in [0.25, 0.3) is 11.8 Å². The van der Waals surface area contributed by atoms with Crippen molar-refractivity contribution in [3.8, 4) is 0 Å². The zero-order valence-electron chi connectivity index (χ0n) is 18.0. The van der Waals surface area contributed by atoms with E-state index in [0.717, 1.165) is 29.3 Å². The van der Waals surface area contributed by atoms with Gasteiger partial charge in [0.1, 0.15) is 6.10 Å². The van der Waals surface area contributed by atoms with Gasteiger partial charge in [0.2, 0.25) is 0 Å². The molecule has 1 aliphatic heterocycles. The monoisotopic (exact) mass is 459 g/mol. The molecule has 4 aromatic rings. The predicted molar refractivity (Wildman–Crippen MR) is 131 cm³/mol. The van der Waals surface area contributed by atoms with Gasteiger partial charge in [-0.3, -0.25) is 9.59 Å². The number of thiophene rings is 1. The van der Waals surface area contributed by atoms with E-state index in [0.29, 0.717) is 24.4 Å². The van der Waals surface area contributed by atoms with Crippen molar-refractivity contribution in [1.29, 1.82) is 0 Å². The van der Waals surface area contributed by atoms with Crippen LogP contribution in [0.25, 0.3) is 10.9 Å². The molecule has 0 radical (unpaired) electrons. The van der Waals surface area contributed by atoms with Crippen molar-refractivity contribution in [2.75, 3.05) is 18.5 Å². The Kier molecular flexibility index (Phi) is 6.24. The summed E-state index contributed by atoms with van der Waals surface area (Å²) in [6.45, 7) is 1.08. The Balaban J connectivity index is 1.31. The summed E-state index contributed by atoms with van der Waals surface area (Å²) in [7, 11) is 0. The third-order valence-corrected chi connectivity index (χ3v) is 6.95. The molecule has 2 atom stereocenters. The minimum Gasteiger partial charge on any atom is -0.368 e. The first-order valence-electron chi connectivity index (χ1n) is 11.1. The van der Waals surface area contributed by atoms with E-state index >= 15 is 0 Å². The maximum absolute atomic E-state index is 13.0. The summed E-state index contributed by atoms with van der Waals surface area (Å²) >= 11 is 1.68. The van der Waals surface area contributed by atoms with E-state index < -0.39 is 6.10 Å². The van der Waals surface area contributed by atoms with Gasteiger partial charge in [-0.05, 0) is 54.1 Å². The lowest BCUT2D eigenvalue weighted by Gasteiger charge is -2.17. The second-order valence-electron chi connectivity index (χ2n) is 8.14. The molecule has 2 aromatic carbocycles. The van der Waals surface area contributed by atoms with Gasteiger partial charge in [0, 0.05) is 52.3 Å². The Hall–Kier alpha value is -3.42. The molecule has 168 valence electrons. The number of hydrogen-bond donors (Lipinski definition) is 3. The zero-order valence-corrected chi connectivity index (χ0v) is 18.9. The number of hydrogen-bond acceptors (Lipinski definition) is 4. The molecule has 1 saturated heterocycles. The second kappa shape index (κ2) is 9.60. The van der Waals surface area contributed by atoms with Gasteiger partial charge in [-0.15, -0.1) is 11.3 Å². The van der Waals surface area contributed by atoms with Gasteiger partial charge in [0.15, 0.2) is 0 Å². The molecule has 7 heteroatoms. The standard InChI is InChI=1S/C26H25N3O3S/c30-25(17-6-3-7-18(14-17)29-26(31)23-10-4-12-32-23)28-16-21(24-11-5-13-33-24)20-15-27-22-9-2-1-8-19(20)22/h1-3,5-9,11,13-15,21,23,27H,4,10,12,16H2,(H,28,30)(H,29,31)/t21-,23+/m1/s1. The number of para-hydroxylation sites is 1. The highest BCUT2D eigenvalue weighted by molar-refractivity contribution is 7.10. The number of carbonyl (C=O) groups excluding carboxylic acids is 2.